The number of amides is 1. The molecule has 1 aromatic heterocycles. The number of imidazole rings is 1. The van der Waals surface area contributed by atoms with Gasteiger partial charge >= 0.3 is 6.09 Å². The van der Waals surface area contributed by atoms with E-state index in [1.165, 1.54) is 28.8 Å². The van der Waals surface area contributed by atoms with E-state index in [0.29, 0.717) is 0 Å². The summed E-state index contributed by atoms with van der Waals surface area (Å²) < 4.78 is 7.22. The van der Waals surface area contributed by atoms with Gasteiger partial charge in [-0.15, -0.1) is 0 Å². The Morgan fingerprint density at radius 3 is 2.11 bits per heavy atom. The van der Waals surface area contributed by atoms with Crippen molar-refractivity contribution in [3.05, 3.63) is 108 Å². The Bertz CT molecular complexity index is 1250. The van der Waals surface area contributed by atoms with Crippen molar-refractivity contribution in [2.45, 2.75) is 45.9 Å². The van der Waals surface area contributed by atoms with Crippen LogP contribution in [0.3, 0.4) is 0 Å². The minimum absolute atomic E-state index is 0.381. The molecule has 6 nitrogen and oxygen atoms in total. The van der Waals surface area contributed by atoms with Crippen LogP contribution in [0.15, 0.2) is 91.1 Å². The van der Waals surface area contributed by atoms with E-state index in [9.17, 15) is 4.79 Å². The number of carbonyl (C=O) groups is 1. The summed E-state index contributed by atoms with van der Waals surface area (Å²) in [7, 11) is 3.10. The number of hydrogen-bond acceptors (Lipinski definition) is 4. The van der Waals surface area contributed by atoms with Crippen LogP contribution in [0, 0.1) is 0 Å². The maximum atomic E-state index is 11.9. The van der Waals surface area contributed by atoms with Crippen LogP contribution in [0.25, 0.3) is 11.4 Å². The first-order valence-corrected chi connectivity index (χ1v) is 12.9. The normalized spacial score (nSPS) is 11.0. The second-order valence-electron chi connectivity index (χ2n) is 9.27. The Kier molecular flexibility index (Phi) is 9.11. The van der Waals surface area contributed by atoms with Crippen LogP contribution in [-0.4, -0.2) is 34.7 Å². The molecule has 1 amide bonds. The number of methoxy groups -OCH3 is 1. The maximum absolute atomic E-state index is 11.9. The Morgan fingerprint density at radius 2 is 1.49 bits per heavy atom. The number of anilines is 1. The number of carbonyl (C=O) groups excluding carboxylic acids is 1. The van der Waals surface area contributed by atoms with Gasteiger partial charge in [0.15, 0.2) is 0 Å². The Hall–Kier alpha value is -3.90. The fourth-order valence-corrected chi connectivity index (χ4v) is 4.48. The second-order valence-corrected chi connectivity index (χ2v) is 9.27. The van der Waals surface area contributed by atoms with Gasteiger partial charge in [-0.25, -0.2) is 9.78 Å². The number of rotatable bonds is 11. The minimum atomic E-state index is -0.381. The Balaban J connectivity index is 1.60. The minimum Gasteiger partial charge on any atom is -0.452 e. The molecule has 4 aromatic rings. The molecule has 1 heterocycles. The first kappa shape index (κ1) is 26.2. The molecule has 6 heteroatoms. The van der Waals surface area contributed by atoms with E-state index in [1.54, 1.807) is 7.05 Å². The molecule has 37 heavy (non-hydrogen) atoms. The highest BCUT2D eigenvalue weighted by Gasteiger charge is 2.16. The van der Waals surface area contributed by atoms with Crippen LogP contribution < -0.4 is 4.90 Å². The first-order chi connectivity index (χ1) is 18.1. The Labute approximate surface area is 220 Å². The topological polar surface area (TPSA) is 50.6 Å². The summed E-state index contributed by atoms with van der Waals surface area (Å²) in [5.41, 5.74) is 5.61. The SMILES string of the molecule is CCCCn1c(CN(Cc2ccccc2)Cc2ccc(N(C)C(=O)OC)cc2)cnc1-c1ccccc1. The third-order valence-electron chi connectivity index (χ3n) is 6.52. The lowest BCUT2D eigenvalue weighted by Gasteiger charge is -2.24. The number of unbranched alkanes of at least 4 members (excludes halogenated alkanes) is 1. The molecule has 4 rings (SSSR count). The molecule has 0 radical (unpaired) electrons. The molecule has 0 saturated carbocycles. The number of benzene rings is 3. The number of hydrogen-bond donors (Lipinski definition) is 0. The molecular formula is C31H36N4O2. The molecule has 0 bridgehead atoms. The summed E-state index contributed by atoms with van der Waals surface area (Å²) in [6.07, 6.45) is 3.89. The lowest BCUT2D eigenvalue weighted by atomic mass is 10.1. The standard InChI is InChI=1S/C31H36N4O2/c1-4-5-20-35-29(21-32-30(35)27-14-10-7-11-15-27)24-34(22-25-12-8-6-9-13-25)23-26-16-18-28(19-17-26)33(2)31(36)37-3/h6-19,21H,4-5,20,22-24H2,1-3H3. The van der Waals surface area contributed by atoms with E-state index < -0.39 is 0 Å². The molecule has 0 spiro atoms. The van der Waals surface area contributed by atoms with Crippen LogP contribution in [0.4, 0.5) is 10.5 Å². The van der Waals surface area contributed by atoms with Crippen LogP contribution in [0.2, 0.25) is 0 Å². The largest absolute Gasteiger partial charge is 0.452 e. The molecular weight excluding hydrogens is 460 g/mol. The zero-order valence-electron chi connectivity index (χ0n) is 22.0. The second kappa shape index (κ2) is 12.9. The highest BCUT2D eigenvalue weighted by Crippen LogP contribution is 2.23. The van der Waals surface area contributed by atoms with Crippen molar-refractivity contribution in [3.63, 3.8) is 0 Å². The zero-order chi connectivity index (χ0) is 26.0. The van der Waals surface area contributed by atoms with Gasteiger partial charge < -0.3 is 9.30 Å². The average molecular weight is 497 g/mol. The highest BCUT2D eigenvalue weighted by molar-refractivity contribution is 5.86. The van der Waals surface area contributed by atoms with Crippen LogP contribution in [0.5, 0.6) is 0 Å². The van der Waals surface area contributed by atoms with E-state index in [1.807, 2.05) is 24.4 Å². The van der Waals surface area contributed by atoms with E-state index in [2.05, 4.69) is 83.1 Å². The number of ether oxygens (including phenoxy) is 1. The summed E-state index contributed by atoms with van der Waals surface area (Å²) >= 11 is 0. The highest BCUT2D eigenvalue weighted by atomic mass is 16.5. The van der Waals surface area contributed by atoms with Crippen molar-refractivity contribution in [2.24, 2.45) is 0 Å². The van der Waals surface area contributed by atoms with Gasteiger partial charge in [0.05, 0.1) is 19.0 Å². The van der Waals surface area contributed by atoms with Gasteiger partial charge in [-0.1, -0.05) is 86.1 Å². The van der Waals surface area contributed by atoms with Gasteiger partial charge in [0.1, 0.15) is 5.82 Å². The summed E-state index contributed by atoms with van der Waals surface area (Å²) in [4.78, 5) is 20.7. The van der Waals surface area contributed by atoms with E-state index in [-0.39, 0.29) is 6.09 Å². The molecule has 0 fully saturated rings. The molecule has 0 saturated heterocycles. The van der Waals surface area contributed by atoms with Crippen molar-refractivity contribution in [2.75, 3.05) is 19.1 Å². The number of aromatic nitrogens is 2. The van der Waals surface area contributed by atoms with Gasteiger partial charge in [0.25, 0.3) is 0 Å². The third-order valence-corrected chi connectivity index (χ3v) is 6.52. The van der Waals surface area contributed by atoms with Crippen molar-refractivity contribution in [1.29, 1.82) is 0 Å². The Morgan fingerprint density at radius 1 is 0.865 bits per heavy atom. The average Bonchev–Trinajstić information content (AvgIpc) is 3.34. The fraction of sp³-hybridized carbons (Fsp3) is 0.290. The van der Waals surface area contributed by atoms with Crippen molar-refractivity contribution >= 4 is 11.8 Å². The predicted octanol–water partition coefficient (Wildman–Crippen LogP) is 6.76. The molecule has 0 aliphatic heterocycles. The van der Waals surface area contributed by atoms with E-state index in [0.717, 1.165) is 56.1 Å². The van der Waals surface area contributed by atoms with Crippen LogP contribution in [-0.2, 0) is 30.9 Å². The fourth-order valence-electron chi connectivity index (χ4n) is 4.48. The third kappa shape index (κ3) is 6.86. The predicted molar refractivity (Wildman–Crippen MR) is 149 cm³/mol. The van der Waals surface area contributed by atoms with Crippen molar-refractivity contribution < 1.29 is 9.53 Å². The smallest absolute Gasteiger partial charge is 0.413 e. The summed E-state index contributed by atoms with van der Waals surface area (Å²) in [5.74, 6) is 1.03. The summed E-state index contributed by atoms with van der Waals surface area (Å²) in [5, 5.41) is 0. The summed E-state index contributed by atoms with van der Waals surface area (Å²) in [6, 6.07) is 29.1. The van der Waals surface area contributed by atoms with Gasteiger partial charge in [0, 0.05) is 44.5 Å². The zero-order valence-corrected chi connectivity index (χ0v) is 22.0. The van der Waals surface area contributed by atoms with Gasteiger partial charge in [-0.2, -0.15) is 0 Å². The lowest BCUT2D eigenvalue weighted by molar-refractivity contribution is 0.180. The monoisotopic (exact) mass is 496 g/mol. The maximum Gasteiger partial charge on any atom is 0.413 e. The molecule has 0 N–H and O–H groups in total. The van der Waals surface area contributed by atoms with Crippen molar-refractivity contribution in [3.8, 4) is 11.4 Å². The van der Waals surface area contributed by atoms with Crippen LogP contribution >= 0.6 is 0 Å². The quantitative estimate of drug-likeness (QED) is 0.230. The molecule has 0 unspecified atom stereocenters. The summed E-state index contributed by atoms with van der Waals surface area (Å²) in [6.45, 7) is 5.55. The first-order valence-electron chi connectivity index (χ1n) is 12.9. The lowest BCUT2D eigenvalue weighted by Crippen LogP contribution is -2.26. The molecule has 3 aromatic carbocycles. The molecule has 0 aliphatic rings. The van der Waals surface area contributed by atoms with Crippen molar-refractivity contribution in [1.82, 2.24) is 14.5 Å². The van der Waals surface area contributed by atoms with Crippen LogP contribution in [0.1, 0.15) is 36.6 Å². The van der Waals surface area contributed by atoms with Gasteiger partial charge in [-0.05, 0) is 29.7 Å². The van der Waals surface area contributed by atoms with Gasteiger partial charge in [-0.3, -0.25) is 9.80 Å². The van der Waals surface area contributed by atoms with E-state index in [4.69, 9.17) is 9.72 Å². The molecule has 192 valence electrons. The molecule has 0 aliphatic carbocycles. The van der Waals surface area contributed by atoms with E-state index >= 15 is 0 Å². The number of nitrogens with zero attached hydrogens (tertiary/aromatic N) is 4. The van der Waals surface area contributed by atoms with Gasteiger partial charge in [0.2, 0.25) is 0 Å². The molecule has 0 atom stereocenters.